The minimum atomic E-state index is 1.15. The summed E-state index contributed by atoms with van der Waals surface area (Å²) in [5, 5.41) is 0. The van der Waals surface area contributed by atoms with Crippen molar-refractivity contribution in [3.63, 3.8) is 0 Å². The maximum Gasteiger partial charge on any atom is 0.0146 e. The Labute approximate surface area is 42.6 Å². The lowest BCUT2D eigenvalue weighted by atomic mass is 10.6. The van der Waals surface area contributed by atoms with Gasteiger partial charge in [0, 0.05) is 12.0 Å². The van der Waals surface area contributed by atoms with Crippen molar-refractivity contribution < 1.29 is 0 Å². The van der Waals surface area contributed by atoms with E-state index < -0.39 is 0 Å². The van der Waals surface area contributed by atoms with Crippen LogP contribution in [0.5, 0.6) is 0 Å². The molecular formula is C5H7S. The quantitative estimate of drug-likeness (QED) is 0.476. The summed E-state index contributed by atoms with van der Waals surface area (Å²) in [7, 11) is 0. The van der Waals surface area contributed by atoms with E-state index in [-0.39, 0.29) is 0 Å². The lowest BCUT2D eigenvalue weighted by Crippen LogP contribution is -1.63. The maximum absolute atomic E-state index is 3.64. The fourth-order valence-electron chi connectivity index (χ4n) is 0.321. The van der Waals surface area contributed by atoms with Crippen molar-refractivity contribution >= 4 is 11.8 Å². The molecule has 1 rings (SSSR count). The van der Waals surface area contributed by atoms with Crippen LogP contribution in [0.15, 0.2) is 11.6 Å². The molecule has 0 atom stereocenters. The second-order valence-electron chi connectivity index (χ2n) is 1.41. The van der Waals surface area contributed by atoms with Crippen molar-refractivity contribution in [2.75, 3.05) is 5.75 Å². The molecule has 1 aliphatic carbocycles. The Morgan fingerprint density at radius 2 is 2.67 bits per heavy atom. The fraction of sp³-hybridized carbons (Fsp3) is 0.400. The first kappa shape index (κ1) is 4.25. The smallest absolute Gasteiger partial charge is 0.0146 e. The van der Waals surface area contributed by atoms with E-state index in [1.165, 1.54) is 6.42 Å². The van der Waals surface area contributed by atoms with Crippen molar-refractivity contribution in [2.24, 2.45) is 0 Å². The number of allylic oxidation sites excluding steroid dienone is 1. The summed E-state index contributed by atoms with van der Waals surface area (Å²) in [6.45, 7) is 0. The van der Waals surface area contributed by atoms with Gasteiger partial charge in [0.1, 0.15) is 0 Å². The molecule has 0 amide bonds. The summed E-state index contributed by atoms with van der Waals surface area (Å²) in [6, 6.07) is 0. The molecule has 0 nitrogen and oxygen atoms in total. The van der Waals surface area contributed by atoms with Crippen LogP contribution in [-0.2, 0) is 0 Å². The van der Waals surface area contributed by atoms with Gasteiger partial charge >= 0.3 is 0 Å². The van der Waals surface area contributed by atoms with E-state index in [4.69, 9.17) is 0 Å². The zero-order valence-corrected chi connectivity index (χ0v) is 4.42. The molecule has 0 N–H and O–H groups in total. The van der Waals surface area contributed by atoms with Crippen LogP contribution in [0.3, 0.4) is 0 Å². The largest absolute Gasteiger partial charge is 0.157 e. The molecule has 0 heterocycles. The second-order valence-corrected chi connectivity index (χ2v) is 2.11. The highest BCUT2D eigenvalue weighted by Gasteiger charge is 2.03. The summed E-state index contributed by atoms with van der Waals surface area (Å²) in [5.74, 6) is 1.15. The Kier molecular flexibility index (Phi) is 1.20. The number of hydrogen-bond donors (Lipinski definition) is 0. The predicted molar refractivity (Wildman–Crippen MR) is 30.5 cm³/mol. The van der Waals surface area contributed by atoms with Gasteiger partial charge < -0.3 is 0 Å². The van der Waals surface area contributed by atoms with Crippen LogP contribution < -0.4 is 0 Å². The molecule has 0 saturated heterocycles. The molecule has 0 aromatic rings. The van der Waals surface area contributed by atoms with Crippen molar-refractivity contribution in [1.29, 1.82) is 0 Å². The maximum atomic E-state index is 3.64. The Morgan fingerprint density at radius 1 is 2.00 bits per heavy atom. The van der Waals surface area contributed by atoms with E-state index >= 15 is 0 Å². The van der Waals surface area contributed by atoms with Crippen LogP contribution in [0.4, 0.5) is 0 Å². The van der Waals surface area contributed by atoms with Gasteiger partial charge in [-0.25, -0.2) is 0 Å². The van der Waals surface area contributed by atoms with Gasteiger partial charge in [-0.1, -0.05) is 11.6 Å². The van der Waals surface area contributed by atoms with Gasteiger partial charge in [-0.15, -0.1) is 0 Å². The summed E-state index contributed by atoms with van der Waals surface area (Å²) < 4.78 is 0. The van der Waals surface area contributed by atoms with Gasteiger partial charge in [-0.2, -0.15) is 11.8 Å². The normalized spacial score (nSPS) is 17.2. The molecule has 6 heavy (non-hydrogen) atoms. The average molecular weight is 99.2 g/mol. The van der Waals surface area contributed by atoms with Gasteiger partial charge in [0.05, 0.1) is 0 Å². The molecule has 33 valence electrons. The molecule has 1 aliphatic rings. The highest BCUT2D eigenvalue weighted by molar-refractivity contribution is 8.00. The highest BCUT2D eigenvalue weighted by atomic mass is 32.2. The Hall–Kier alpha value is 0.0900. The second kappa shape index (κ2) is 1.69. The zero-order valence-electron chi connectivity index (χ0n) is 3.61. The van der Waals surface area contributed by atoms with Crippen LogP contribution in [0.1, 0.15) is 6.42 Å². The third-order valence-corrected chi connectivity index (χ3v) is 1.36. The minimum absolute atomic E-state index is 1.15. The van der Waals surface area contributed by atoms with Crippen LogP contribution in [0.25, 0.3) is 0 Å². The number of thioether (sulfide) groups is 1. The van der Waals surface area contributed by atoms with Crippen LogP contribution in [0.2, 0.25) is 0 Å². The summed E-state index contributed by atoms with van der Waals surface area (Å²) in [5.41, 5.74) is 1.56. The molecular weight excluding hydrogens is 92.1 g/mol. The predicted octanol–water partition coefficient (Wildman–Crippen LogP) is 1.84. The molecule has 1 heteroatoms. The van der Waals surface area contributed by atoms with E-state index in [1.807, 2.05) is 0 Å². The molecule has 0 saturated carbocycles. The molecule has 0 spiro atoms. The van der Waals surface area contributed by atoms with E-state index in [9.17, 15) is 0 Å². The van der Waals surface area contributed by atoms with Crippen molar-refractivity contribution in [3.8, 4) is 0 Å². The molecule has 0 bridgehead atoms. The van der Waals surface area contributed by atoms with Gasteiger partial charge in [0.15, 0.2) is 0 Å². The Morgan fingerprint density at radius 3 is 2.83 bits per heavy atom. The molecule has 0 unspecified atom stereocenters. The van der Waals surface area contributed by atoms with Crippen molar-refractivity contribution in [3.05, 3.63) is 17.9 Å². The van der Waals surface area contributed by atoms with Crippen molar-refractivity contribution in [2.45, 2.75) is 6.42 Å². The van der Waals surface area contributed by atoms with E-state index in [2.05, 4.69) is 12.3 Å². The number of hydrogen-bond acceptors (Lipinski definition) is 1. The Bertz CT molecular complexity index is 74.0. The fourth-order valence-corrected chi connectivity index (χ4v) is 0.819. The third kappa shape index (κ3) is 1.05. The standard InChI is InChI=1S/C5H7S/c1-6-4-5-2-3-5/h2H,1,3-4H2. The highest BCUT2D eigenvalue weighted by Crippen LogP contribution is 2.21. The molecule has 1 radical (unpaired) electrons. The van der Waals surface area contributed by atoms with Gasteiger partial charge in [-0.3, -0.25) is 0 Å². The van der Waals surface area contributed by atoms with E-state index in [0.717, 1.165) is 5.75 Å². The first-order valence-electron chi connectivity index (χ1n) is 1.98. The topological polar surface area (TPSA) is 0 Å². The van der Waals surface area contributed by atoms with Gasteiger partial charge in [-0.05, 0) is 6.42 Å². The third-order valence-electron chi connectivity index (χ3n) is 0.780. The molecule has 0 aliphatic heterocycles. The summed E-state index contributed by atoms with van der Waals surface area (Å²) in [4.78, 5) is 0. The monoisotopic (exact) mass is 99.0 g/mol. The first-order valence-corrected chi connectivity index (χ1v) is 3.14. The van der Waals surface area contributed by atoms with E-state index in [0.29, 0.717) is 0 Å². The van der Waals surface area contributed by atoms with Gasteiger partial charge in [0.2, 0.25) is 0 Å². The summed E-state index contributed by atoms with van der Waals surface area (Å²) >= 11 is 1.65. The van der Waals surface area contributed by atoms with Crippen molar-refractivity contribution in [1.82, 2.24) is 0 Å². The van der Waals surface area contributed by atoms with Gasteiger partial charge in [0.25, 0.3) is 0 Å². The molecule has 0 aromatic heterocycles. The first-order chi connectivity index (χ1) is 2.93. The summed E-state index contributed by atoms with van der Waals surface area (Å²) in [6.07, 6.45) is 7.13. The van der Waals surface area contributed by atoms with E-state index in [1.54, 1.807) is 17.3 Å². The van der Waals surface area contributed by atoms with Crippen LogP contribution >= 0.6 is 11.8 Å². The number of rotatable bonds is 2. The van der Waals surface area contributed by atoms with Crippen LogP contribution in [0, 0.1) is 6.26 Å². The van der Waals surface area contributed by atoms with Crippen LogP contribution in [-0.4, -0.2) is 5.75 Å². The molecule has 0 fully saturated rings. The lowest BCUT2D eigenvalue weighted by Gasteiger charge is -1.79. The minimum Gasteiger partial charge on any atom is -0.157 e. The average Bonchev–Trinajstić information content (AvgIpc) is 2.21. The SMILES string of the molecule is [CH2]SCC1=CC1. The lowest BCUT2D eigenvalue weighted by molar-refractivity contribution is 1.50. The zero-order chi connectivity index (χ0) is 4.41. The Balaban J connectivity index is 2.02. The molecule has 0 aromatic carbocycles.